The van der Waals surface area contributed by atoms with E-state index in [1.54, 1.807) is 0 Å². The first-order valence-corrected chi connectivity index (χ1v) is 5.17. The van der Waals surface area contributed by atoms with Crippen LogP contribution in [0.4, 0.5) is 0 Å². The Balaban J connectivity index is 2.28. The van der Waals surface area contributed by atoms with E-state index in [4.69, 9.17) is 5.53 Å². The van der Waals surface area contributed by atoms with Crippen molar-refractivity contribution in [1.82, 2.24) is 0 Å². The van der Waals surface area contributed by atoms with Crippen molar-refractivity contribution in [1.29, 1.82) is 0 Å². The maximum absolute atomic E-state index is 10.3. The molecule has 3 aliphatic carbocycles. The Bertz CT molecular complexity index is 304. The molecule has 1 N–H and O–H groups in total. The Labute approximate surface area is 83.9 Å². The van der Waals surface area contributed by atoms with Crippen LogP contribution in [0.15, 0.2) is 5.11 Å². The molecule has 14 heavy (non-hydrogen) atoms. The van der Waals surface area contributed by atoms with Crippen LogP contribution in [0.5, 0.6) is 0 Å². The number of hydrogen-bond donors (Lipinski definition) is 1. The van der Waals surface area contributed by atoms with Crippen molar-refractivity contribution < 1.29 is 5.11 Å². The second-order valence-electron chi connectivity index (χ2n) is 5.49. The molecule has 0 saturated heterocycles. The quantitative estimate of drug-likeness (QED) is 0.390. The van der Waals surface area contributed by atoms with Gasteiger partial charge in [-0.05, 0) is 42.5 Å². The molecule has 0 aliphatic heterocycles. The molecule has 3 saturated carbocycles. The van der Waals surface area contributed by atoms with Crippen LogP contribution in [0.25, 0.3) is 10.4 Å². The Morgan fingerprint density at radius 1 is 1.36 bits per heavy atom. The monoisotopic (exact) mass is 195 g/mol. The molecular weight excluding hydrogens is 178 g/mol. The van der Waals surface area contributed by atoms with Crippen LogP contribution in [0, 0.1) is 17.3 Å². The first-order chi connectivity index (χ1) is 6.40. The van der Waals surface area contributed by atoms with Crippen molar-refractivity contribution in [3.05, 3.63) is 10.4 Å². The summed E-state index contributed by atoms with van der Waals surface area (Å²) in [4.78, 5) is 2.82. The molecule has 0 aromatic carbocycles. The van der Waals surface area contributed by atoms with Gasteiger partial charge in [-0.2, -0.15) is 0 Å². The maximum Gasteiger partial charge on any atom is 0.0737 e. The van der Waals surface area contributed by atoms with Crippen molar-refractivity contribution in [2.24, 2.45) is 22.4 Å². The molecule has 3 fully saturated rings. The Morgan fingerprint density at radius 2 is 2.00 bits per heavy atom. The van der Waals surface area contributed by atoms with E-state index in [1.165, 1.54) is 0 Å². The van der Waals surface area contributed by atoms with Gasteiger partial charge in [-0.25, -0.2) is 0 Å². The molecule has 3 aliphatic rings. The third-order valence-electron chi connectivity index (χ3n) is 4.55. The highest BCUT2D eigenvalue weighted by Crippen LogP contribution is 2.63. The van der Waals surface area contributed by atoms with E-state index < -0.39 is 5.60 Å². The van der Waals surface area contributed by atoms with E-state index in [1.807, 2.05) is 6.92 Å². The van der Waals surface area contributed by atoms with Gasteiger partial charge in [0.25, 0.3) is 0 Å². The van der Waals surface area contributed by atoms with Gasteiger partial charge in [-0.3, -0.25) is 0 Å². The number of azide groups is 1. The normalized spacial score (nSPS) is 49.0. The van der Waals surface area contributed by atoms with Crippen LogP contribution in [-0.2, 0) is 0 Å². The molecule has 0 amide bonds. The lowest BCUT2D eigenvalue weighted by Gasteiger charge is -2.64. The minimum atomic E-state index is -0.815. The van der Waals surface area contributed by atoms with Crippen LogP contribution < -0.4 is 0 Å². The molecule has 4 heteroatoms. The molecular formula is C10H17N3O. The Morgan fingerprint density at radius 3 is 2.43 bits per heavy atom. The zero-order chi connectivity index (χ0) is 10.6. The summed E-state index contributed by atoms with van der Waals surface area (Å²) >= 11 is 0. The number of nitrogens with zero attached hydrogens (tertiary/aromatic N) is 3. The van der Waals surface area contributed by atoms with Crippen LogP contribution in [0.1, 0.15) is 33.6 Å². The molecule has 2 bridgehead atoms. The predicted octanol–water partition coefficient (Wildman–Crippen LogP) is 2.48. The molecule has 0 aromatic rings. The van der Waals surface area contributed by atoms with Crippen LogP contribution >= 0.6 is 0 Å². The van der Waals surface area contributed by atoms with Gasteiger partial charge in [0, 0.05) is 4.91 Å². The fourth-order valence-electron chi connectivity index (χ4n) is 3.37. The highest BCUT2D eigenvalue weighted by molar-refractivity contribution is 5.14. The first-order valence-electron chi connectivity index (χ1n) is 5.17. The maximum atomic E-state index is 10.3. The van der Waals surface area contributed by atoms with Crippen molar-refractivity contribution in [2.45, 2.75) is 45.3 Å². The second kappa shape index (κ2) is 2.65. The number of fused-ring (bicyclic) bond motifs is 2. The van der Waals surface area contributed by atoms with E-state index in [0.29, 0.717) is 5.92 Å². The molecule has 4 atom stereocenters. The molecule has 78 valence electrons. The zero-order valence-electron chi connectivity index (χ0n) is 8.94. The van der Waals surface area contributed by atoms with Gasteiger partial charge in [0.2, 0.25) is 0 Å². The fraction of sp³-hybridized carbons (Fsp3) is 1.00. The molecule has 0 radical (unpaired) electrons. The summed E-state index contributed by atoms with van der Waals surface area (Å²) in [5.74, 6) is 0.896. The molecule has 0 spiro atoms. The van der Waals surface area contributed by atoms with E-state index in [-0.39, 0.29) is 17.4 Å². The topological polar surface area (TPSA) is 69.0 Å². The van der Waals surface area contributed by atoms with Crippen molar-refractivity contribution in [3.63, 3.8) is 0 Å². The minimum Gasteiger partial charge on any atom is -0.389 e. The highest BCUT2D eigenvalue weighted by Gasteiger charge is 2.62. The van der Waals surface area contributed by atoms with Gasteiger partial charge in [-0.1, -0.05) is 19.0 Å². The predicted molar refractivity (Wildman–Crippen MR) is 53.6 cm³/mol. The SMILES string of the molecule is CC1(C)[C@H]2C[C@H](N=[N+]=[N-])[C@](C)(O)[C@@H]1C2. The van der Waals surface area contributed by atoms with E-state index in [2.05, 4.69) is 23.9 Å². The second-order valence-corrected chi connectivity index (χ2v) is 5.49. The highest BCUT2D eigenvalue weighted by atomic mass is 16.3. The first kappa shape index (κ1) is 9.81. The van der Waals surface area contributed by atoms with Crippen molar-refractivity contribution in [3.8, 4) is 0 Å². The average Bonchev–Trinajstić information content (AvgIpc) is 2.07. The van der Waals surface area contributed by atoms with Gasteiger partial charge >= 0.3 is 0 Å². The standard InChI is InChI=1S/C10H17N3O/c1-9(2)6-4-7(9)10(3,14)8(5-6)12-13-11/h6-8,14H,4-5H2,1-3H3/t6-,7-,8+,10-/m1/s1. The summed E-state index contributed by atoms with van der Waals surface area (Å²) in [5.41, 5.74) is 7.83. The van der Waals surface area contributed by atoms with Gasteiger partial charge in [-0.15, -0.1) is 0 Å². The molecule has 0 heterocycles. The Hall–Kier alpha value is -0.730. The summed E-state index contributed by atoms with van der Waals surface area (Å²) in [6.07, 6.45) is 1.91. The Kier molecular flexibility index (Phi) is 1.85. The lowest BCUT2D eigenvalue weighted by molar-refractivity contribution is -0.202. The average molecular weight is 195 g/mol. The summed E-state index contributed by atoms with van der Waals surface area (Å²) < 4.78 is 0. The molecule has 0 aromatic heterocycles. The van der Waals surface area contributed by atoms with Crippen LogP contribution in [-0.4, -0.2) is 16.7 Å². The van der Waals surface area contributed by atoms with Gasteiger partial charge < -0.3 is 5.11 Å². The third kappa shape index (κ3) is 1.01. The van der Waals surface area contributed by atoms with Gasteiger partial charge in [0.15, 0.2) is 0 Å². The molecule has 3 rings (SSSR count). The van der Waals surface area contributed by atoms with E-state index >= 15 is 0 Å². The number of rotatable bonds is 1. The minimum absolute atomic E-state index is 0.213. The molecule has 0 unspecified atom stereocenters. The lowest BCUT2D eigenvalue weighted by Crippen LogP contribution is -2.65. The van der Waals surface area contributed by atoms with Gasteiger partial charge in [0.1, 0.15) is 0 Å². The van der Waals surface area contributed by atoms with Gasteiger partial charge in [0.05, 0.1) is 11.6 Å². The van der Waals surface area contributed by atoms with E-state index in [0.717, 1.165) is 12.8 Å². The summed E-state index contributed by atoms with van der Waals surface area (Å²) in [6.45, 7) is 6.22. The molecule has 4 nitrogen and oxygen atoms in total. The number of hydrogen-bond acceptors (Lipinski definition) is 2. The largest absolute Gasteiger partial charge is 0.389 e. The smallest absolute Gasteiger partial charge is 0.0737 e. The number of aliphatic hydroxyl groups is 1. The third-order valence-corrected chi connectivity index (χ3v) is 4.55. The lowest BCUT2D eigenvalue weighted by atomic mass is 9.43. The van der Waals surface area contributed by atoms with Crippen molar-refractivity contribution >= 4 is 0 Å². The zero-order valence-corrected chi connectivity index (χ0v) is 8.94. The summed E-state index contributed by atoms with van der Waals surface area (Å²) in [7, 11) is 0. The summed E-state index contributed by atoms with van der Waals surface area (Å²) in [5, 5.41) is 14.1. The van der Waals surface area contributed by atoms with Crippen molar-refractivity contribution in [2.75, 3.05) is 0 Å². The fourth-order valence-corrected chi connectivity index (χ4v) is 3.37. The van der Waals surface area contributed by atoms with Crippen LogP contribution in [0.3, 0.4) is 0 Å². The van der Waals surface area contributed by atoms with Crippen LogP contribution in [0.2, 0.25) is 0 Å². The van der Waals surface area contributed by atoms with E-state index in [9.17, 15) is 5.11 Å². The summed E-state index contributed by atoms with van der Waals surface area (Å²) in [6, 6.07) is -0.232.